The number of carbonyl (C=O) groups is 1. The van der Waals surface area contributed by atoms with Crippen LogP contribution in [-0.2, 0) is 11.2 Å². The van der Waals surface area contributed by atoms with Gasteiger partial charge in [-0.1, -0.05) is 6.07 Å². The van der Waals surface area contributed by atoms with E-state index in [9.17, 15) is 15.0 Å². The molecule has 28 heavy (non-hydrogen) atoms. The zero-order valence-electron chi connectivity index (χ0n) is 15.9. The molecule has 0 aliphatic heterocycles. The number of methoxy groups -OCH3 is 2. The lowest BCUT2D eigenvalue weighted by Crippen LogP contribution is -2.25. The first-order chi connectivity index (χ1) is 13.5. The zero-order chi connectivity index (χ0) is 20.4. The summed E-state index contributed by atoms with van der Waals surface area (Å²) in [4.78, 5) is 11.8. The van der Waals surface area contributed by atoms with Crippen molar-refractivity contribution < 1.29 is 24.5 Å². The summed E-state index contributed by atoms with van der Waals surface area (Å²) in [5.74, 6) is 0.981. The molecule has 2 aromatic rings. The minimum Gasteiger partial charge on any atom is -0.508 e. The number of amides is 1. The van der Waals surface area contributed by atoms with Crippen molar-refractivity contribution in [2.75, 3.05) is 27.3 Å². The van der Waals surface area contributed by atoms with Gasteiger partial charge >= 0.3 is 0 Å². The van der Waals surface area contributed by atoms with Crippen molar-refractivity contribution in [3.05, 3.63) is 47.5 Å². The second-order valence-corrected chi connectivity index (χ2v) is 5.98. The van der Waals surface area contributed by atoms with Crippen LogP contribution in [0.2, 0.25) is 0 Å². The lowest BCUT2D eigenvalue weighted by molar-refractivity contribution is -0.120. The Bertz CT molecular complexity index is 823. The topological polar surface area (TPSA) is 112 Å². The van der Waals surface area contributed by atoms with E-state index in [0.717, 1.165) is 12.0 Å². The molecule has 0 atom stereocenters. The van der Waals surface area contributed by atoms with Crippen molar-refractivity contribution in [2.24, 2.45) is 5.10 Å². The molecule has 2 aromatic carbocycles. The van der Waals surface area contributed by atoms with Crippen LogP contribution in [0, 0.1) is 0 Å². The first-order valence-electron chi connectivity index (χ1n) is 8.79. The maximum Gasteiger partial charge on any atom is 0.241 e. The van der Waals surface area contributed by atoms with Gasteiger partial charge in [0, 0.05) is 24.6 Å². The lowest BCUT2D eigenvalue weighted by Gasteiger charge is -2.10. The van der Waals surface area contributed by atoms with Crippen LogP contribution in [0.25, 0.3) is 0 Å². The van der Waals surface area contributed by atoms with E-state index < -0.39 is 0 Å². The number of nitrogens with one attached hydrogen (secondary N) is 2. The number of benzene rings is 2. The summed E-state index contributed by atoms with van der Waals surface area (Å²) >= 11 is 0. The Balaban J connectivity index is 1.66. The number of rotatable bonds is 10. The number of aromatic hydroxyl groups is 2. The first kappa shape index (κ1) is 21.0. The van der Waals surface area contributed by atoms with E-state index in [0.29, 0.717) is 30.2 Å². The molecule has 0 saturated heterocycles. The summed E-state index contributed by atoms with van der Waals surface area (Å²) in [6, 6.07) is 9.89. The third-order valence-corrected chi connectivity index (χ3v) is 3.97. The Morgan fingerprint density at radius 3 is 2.57 bits per heavy atom. The van der Waals surface area contributed by atoms with Gasteiger partial charge in [-0.3, -0.25) is 4.79 Å². The molecule has 4 N–H and O–H groups in total. The van der Waals surface area contributed by atoms with Crippen LogP contribution >= 0.6 is 0 Å². The molecule has 0 aliphatic carbocycles. The highest BCUT2D eigenvalue weighted by atomic mass is 16.5. The Morgan fingerprint density at radius 1 is 1.07 bits per heavy atom. The van der Waals surface area contributed by atoms with Crippen LogP contribution in [0.4, 0.5) is 0 Å². The van der Waals surface area contributed by atoms with E-state index in [1.165, 1.54) is 24.4 Å². The highest BCUT2D eigenvalue weighted by Crippen LogP contribution is 2.27. The Kier molecular flexibility index (Phi) is 8.11. The fourth-order valence-corrected chi connectivity index (χ4v) is 2.47. The quantitative estimate of drug-likeness (QED) is 0.281. The number of ether oxygens (including phenoxy) is 2. The summed E-state index contributed by atoms with van der Waals surface area (Å²) in [7, 11) is 3.20. The van der Waals surface area contributed by atoms with E-state index >= 15 is 0 Å². The molecule has 0 fully saturated rings. The van der Waals surface area contributed by atoms with Crippen LogP contribution < -0.4 is 20.2 Å². The average molecular weight is 387 g/mol. The second-order valence-electron chi connectivity index (χ2n) is 5.98. The third-order valence-electron chi connectivity index (χ3n) is 3.97. The van der Waals surface area contributed by atoms with Crippen molar-refractivity contribution >= 4 is 12.1 Å². The van der Waals surface area contributed by atoms with E-state index in [1.54, 1.807) is 14.2 Å². The number of nitrogens with zero attached hydrogens (tertiary/aromatic N) is 1. The molecular weight excluding hydrogens is 362 g/mol. The van der Waals surface area contributed by atoms with Crippen molar-refractivity contribution in [2.45, 2.75) is 12.8 Å². The Labute approximate surface area is 163 Å². The van der Waals surface area contributed by atoms with Crippen LogP contribution in [0.3, 0.4) is 0 Å². The molecule has 0 radical (unpaired) electrons. The van der Waals surface area contributed by atoms with Gasteiger partial charge in [-0.15, -0.1) is 0 Å². The number of carbonyl (C=O) groups excluding carboxylic acids is 1. The van der Waals surface area contributed by atoms with Gasteiger partial charge in [0.1, 0.15) is 11.5 Å². The third kappa shape index (κ3) is 6.48. The fourth-order valence-electron chi connectivity index (χ4n) is 2.47. The highest BCUT2D eigenvalue weighted by molar-refractivity contribution is 5.85. The lowest BCUT2D eigenvalue weighted by atomic mass is 10.1. The maximum atomic E-state index is 11.8. The zero-order valence-corrected chi connectivity index (χ0v) is 15.9. The fraction of sp³-hybridized carbons (Fsp3) is 0.300. The summed E-state index contributed by atoms with van der Waals surface area (Å²) < 4.78 is 10.5. The van der Waals surface area contributed by atoms with Crippen LogP contribution in [-0.4, -0.2) is 49.6 Å². The van der Waals surface area contributed by atoms with Crippen molar-refractivity contribution in [3.63, 3.8) is 0 Å². The summed E-state index contributed by atoms with van der Waals surface area (Å²) in [5, 5.41) is 25.8. The summed E-state index contributed by atoms with van der Waals surface area (Å²) in [5.41, 5.74) is 3.89. The second kappa shape index (κ2) is 10.8. The van der Waals surface area contributed by atoms with Gasteiger partial charge < -0.3 is 25.0 Å². The molecule has 0 saturated carbocycles. The van der Waals surface area contributed by atoms with E-state index in [4.69, 9.17) is 9.47 Å². The number of phenolic OH excluding ortho intramolecular Hbond substituents is 2. The number of hydrogen-bond donors (Lipinski definition) is 4. The van der Waals surface area contributed by atoms with Crippen LogP contribution in [0.15, 0.2) is 41.5 Å². The van der Waals surface area contributed by atoms with Gasteiger partial charge in [-0.05, 0) is 42.8 Å². The summed E-state index contributed by atoms with van der Waals surface area (Å²) in [6.07, 6.45) is 2.38. The molecule has 0 bridgehead atoms. The van der Waals surface area contributed by atoms with Crippen molar-refractivity contribution in [1.29, 1.82) is 0 Å². The van der Waals surface area contributed by atoms with E-state index in [-0.39, 0.29) is 23.8 Å². The largest absolute Gasteiger partial charge is 0.508 e. The van der Waals surface area contributed by atoms with Gasteiger partial charge in [0.05, 0.1) is 20.4 Å². The molecule has 8 nitrogen and oxygen atoms in total. The van der Waals surface area contributed by atoms with Gasteiger partial charge in [-0.2, -0.15) is 5.10 Å². The number of hydrazone groups is 1. The first-order valence-corrected chi connectivity index (χ1v) is 8.79. The molecule has 150 valence electrons. The molecular formula is C20H25N3O5. The molecule has 0 aliphatic rings. The molecule has 0 heterocycles. The molecule has 2 rings (SSSR count). The van der Waals surface area contributed by atoms with Crippen LogP contribution in [0.5, 0.6) is 23.0 Å². The van der Waals surface area contributed by atoms with Crippen molar-refractivity contribution in [1.82, 2.24) is 10.7 Å². The number of hydrogen-bond acceptors (Lipinski definition) is 7. The van der Waals surface area contributed by atoms with Gasteiger partial charge in [0.25, 0.3) is 0 Å². The van der Waals surface area contributed by atoms with Crippen LogP contribution in [0.1, 0.15) is 17.5 Å². The maximum absolute atomic E-state index is 11.8. The monoisotopic (exact) mass is 387 g/mol. The average Bonchev–Trinajstić information content (AvgIpc) is 2.69. The predicted octanol–water partition coefficient (Wildman–Crippen LogP) is 1.79. The smallest absolute Gasteiger partial charge is 0.241 e. The summed E-state index contributed by atoms with van der Waals surface area (Å²) in [6.45, 7) is 1.23. The van der Waals surface area contributed by atoms with E-state index in [1.807, 2.05) is 18.2 Å². The normalized spacial score (nSPS) is 10.8. The standard InChI is InChI=1S/C20H25N3O5/c1-27-18-6-3-14(11-19(18)28-2)7-9-21-10-8-20(26)23-22-13-15-4-5-16(24)12-17(15)25/h3-6,11-13,21,24-25H,7-10H2,1-2H3,(H,23,26)/b22-13+. The Morgan fingerprint density at radius 2 is 1.86 bits per heavy atom. The molecule has 0 unspecified atom stereocenters. The SMILES string of the molecule is COc1ccc(CCNCCC(=O)N/N=C/c2ccc(O)cc2O)cc1OC. The minimum atomic E-state index is -0.242. The molecule has 0 spiro atoms. The highest BCUT2D eigenvalue weighted by Gasteiger charge is 2.05. The van der Waals surface area contributed by atoms with Gasteiger partial charge in [0.15, 0.2) is 11.5 Å². The molecule has 8 heteroatoms. The van der Waals surface area contributed by atoms with Gasteiger partial charge in [0.2, 0.25) is 5.91 Å². The Hall–Kier alpha value is -3.26. The minimum absolute atomic E-state index is 0.0437. The predicted molar refractivity (Wildman–Crippen MR) is 106 cm³/mol. The van der Waals surface area contributed by atoms with Crippen molar-refractivity contribution in [3.8, 4) is 23.0 Å². The van der Waals surface area contributed by atoms with Gasteiger partial charge in [-0.25, -0.2) is 5.43 Å². The molecule has 1 amide bonds. The molecule has 0 aromatic heterocycles. The van der Waals surface area contributed by atoms with E-state index in [2.05, 4.69) is 15.8 Å². The number of phenols is 2.